The average Bonchev–Trinajstić information content (AvgIpc) is 3.75. The number of amides is 1. The van der Waals surface area contributed by atoms with Gasteiger partial charge in [0.2, 0.25) is 15.7 Å². The molecule has 2 aliphatic heterocycles. The summed E-state index contributed by atoms with van der Waals surface area (Å²) >= 11 is 0. The van der Waals surface area contributed by atoms with E-state index >= 15 is 0 Å². The minimum absolute atomic E-state index is 0.00279. The van der Waals surface area contributed by atoms with Gasteiger partial charge in [0.1, 0.15) is 0 Å². The lowest BCUT2D eigenvalue weighted by molar-refractivity contribution is -0.193. The second kappa shape index (κ2) is 29.9. The van der Waals surface area contributed by atoms with Crippen LogP contribution in [-0.2, 0) is 39.0 Å². The Morgan fingerprint density at radius 2 is 1.05 bits per heavy atom. The SMILES string of the molecule is CC(=O)O.CC(=O)O.COc1c(F)cccc1NS(=O)(=O)c1ccc(N2CCCNCC2)c(N)c1.NC(=O)c1ccccc1S(=O)(=O)c1ccc(N2CCCNCC2)c(N)c1.O=C(O)C(F)(F)F.O=C(O)C(F)(F)F. The van der Waals surface area contributed by atoms with Gasteiger partial charge in [-0.25, -0.2) is 30.8 Å². The number of sulfone groups is 1. The van der Waals surface area contributed by atoms with Crippen molar-refractivity contribution in [2.75, 3.05) is 85.5 Å². The number of methoxy groups -OCH3 is 1. The van der Waals surface area contributed by atoms with Gasteiger partial charge in [0.15, 0.2) is 11.6 Å². The molecule has 13 N–H and O–H groups in total. The Morgan fingerprint density at radius 1 is 0.640 bits per heavy atom. The molecule has 0 spiro atoms. The van der Waals surface area contributed by atoms with Crippen molar-refractivity contribution < 1.29 is 96.7 Å². The number of sulfonamides is 1. The highest BCUT2D eigenvalue weighted by Crippen LogP contribution is 2.33. The van der Waals surface area contributed by atoms with Crippen molar-refractivity contribution in [1.82, 2.24) is 10.6 Å². The molecule has 4 aromatic rings. The number of ether oxygens (including phenoxy) is 1. The molecule has 1 amide bonds. The maximum atomic E-state index is 13.8. The minimum atomic E-state index is -5.08. The molecule has 2 saturated heterocycles. The van der Waals surface area contributed by atoms with Crippen LogP contribution in [0.25, 0.3) is 0 Å². The first-order valence-corrected chi connectivity index (χ1v) is 24.3. The molecule has 6 rings (SSSR count). The van der Waals surface area contributed by atoms with E-state index in [0.717, 1.165) is 90.4 Å². The number of para-hydroxylation sites is 1. The summed E-state index contributed by atoms with van der Waals surface area (Å²) in [6.45, 7) is 9.08. The van der Waals surface area contributed by atoms with E-state index in [4.69, 9.17) is 61.5 Å². The Labute approximate surface area is 425 Å². The minimum Gasteiger partial charge on any atom is -0.492 e. The number of hydrogen-bond donors (Lipinski definition) is 10. The molecule has 0 bridgehead atoms. The standard InChI is InChI=1S/C18H23FN4O3S.C18H22N4O3S.2C2HF3O2.2C2H4O2/c1-26-18-14(19)4-2-5-16(18)22-27(24,25)13-6-7-17(15(20)12-13)23-10-3-8-21-9-11-23;19-15-12-13(6-7-16(15)22-10-3-8-21-9-11-22)26(24,25)17-5-2-1-4-14(17)18(20)23;2*3-2(4,5)1(6)7;2*1-2(3)4/h2,4-7,12,21-22H,3,8-11,20H2,1H3;1-2,4-7,12,21H,3,8-11,19H2,(H2,20,23);2*(H,6,7);2*1H3,(H,3,4). The van der Waals surface area contributed by atoms with Crippen LogP contribution in [0.2, 0.25) is 0 Å². The molecule has 22 nitrogen and oxygen atoms in total. The lowest BCUT2D eigenvalue weighted by atomic mass is 10.2. The fraction of sp³-hybridized carbons (Fsp3) is 0.341. The highest BCUT2D eigenvalue weighted by molar-refractivity contribution is 7.92. The molecular formula is C44H55F7N8O14S2. The van der Waals surface area contributed by atoms with E-state index in [1.807, 2.05) is 0 Å². The number of carboxylic acid groups (broad SMARTS) is 4. The van der Waals surface area contributed by atoms with Crippen molar-refractivity contribution in [3.8, 4) is 5.75 Å². The highest BCUT2D eigenvalue weighted by atomic mass is 32.2. The molecule has 2 aliphatic rings. The predicted molar refractivity (Wildman–Crippen MR) is 259 cm³/mol. The third kappa shape index (κ3) is 22.6. The summed E-state index contributed by atoms with van der Waals surface area (Å²) in [5, 5.41) is 35.7. The zero-order valence-electron chi connectivity index (χ0n) is 40.0. The van der Waals surface area contributed by atoms with Crippen molar-refractivity contribution in [3.05, 3.63) is 90.2 Å². The van der Waals surface area contributed by atoms with E-state index in [0.29, 0.717) is 11.4 Å². The van der Waals surface area contributed by atoms with E-state index in [-0.39, 0.29) is 31.7 Å². The van der Waals surface area contributed by atoms with Crippen molar-refractivity contribution in [3.63, 3.8) is 0 Å². The summed E-state index contributed by atoms with van der Waals surface area (Å²) in [7, 11) is -6.57. The first-order valence-electron chi connectivity index (χ1n) is 21.4. The summed E-state index contributed by atoms with van der Waals surface area (Å²) in [5.41, 5.74) is 20.0. The number of alkyl halides is 6. The largest absolute Gasteiger partial charge is 0.492 e. The Balaban J connectivity index is 0.000000539. The van der Waals surface area contributed by atoms with Gasteiger partial charge >= 0.3 is 24.3 Å². The van der Waals surface area contributed by atoms with Crippen molar-refractivity contribution >= 4 is 78.1 Å². The fourth-order valence-electron chi connectivity index (χ4n) is 6.18. The second-order valence-corrected chi connectivity index (χ2v) is 18.7. The summed E-state index contributed by atoms with van der Waals surface area (Å²) in [6, 6.07) is 19.3. The van der Waals surface area contributed by atoms with Gasteiger partial charge in [0.25, 0.3) is 22.0 Å². The van der Waals surface area contributed by atoms with E-state index in [9.17, 15) is 52.4 Å². The number of nitrogens with one attached hydrogen (secondary N) is 3. The Kier molecular flexibility index (Phi) is 26.1. The predicted octanol–water partition coefficient (Wildman–Crippen LogP) is 4.47. The number of carboxylic acids is 4. The number of anilines is 5. The van der Waals surface area contributed by atoms with Gasteiger partial charge < -0.3 is 62.8 Å². The number of benzene rings is 4. The van der Waals surface area contributed by atoms with Crippen LogP contribution >= 0.6 is 0 Å². The van der Waals surface area contributed by atoms with Crippen LogP contribution < -0.4 is 47.1 Å². The summed E-state index contributed by atoms with van der Waals surface area (Å²) in [4.78, 5) is 51.6. The zero-order valence-corrected chi connectivity index (χ0v) is 41.7. The van der Waals surface area contributed by atoms with Crippen LogP contribution in [0, 0.1) is 5.82 Å². The van der Waals surface area contributed by atoms with Gasteiger partial charge in [0.05, 0.1) is 55.8 Å². The van der Waals surface area contributed by atoms with Gasteiger partial charge in [-0.3, -0.25) is 19.1 Å². The van der Waals surface area contributed by atoms with Crippen LogP contribution in [0.15, 0.2) is 93.5 Å². The van der Waals surface area contributed by atoms with Gasteiger partial charge in [-0.2, -0.15) is 26.3 Å². The van der Waals surface area contributed by atoms with Crippen LogP contribution in [0.3, 0.4) is 0 Å². The number of rotatable bonds is 9. The van der Waals surface area contributed by atoms with Crippen LogP contribution in [0.4, 0.5) is 59.2 Å². The van der Waals surface area contributed by atoms with Crippen molar-refractivity contribution in [2.24, 2.45) is 5.73 Å². The molecule has 416 valence electrons. The van der Waals surface area contributed by atoms with E-state index in [1.54, 1.807) is 24.3 Å². The topological polar surface area (TPSA) is 364 Å². The molecule has 4 aromatic carbocycles. The molecule has 31 heteroatoms. The number of primary amides is 1. The number of aliphatic carboxylic acids is 4. The number of nitrogens with two attached hydrogens (primary N) is 3. The fourth-order valence-corrected chi connectivity index (χ4v) is 8.78. The molecule has 75 heavy (non-hydrogen) atoms. The third-order valence-corrected chi connectivity index (χ3v) is 12.5. The van der Waals surface area contributed by atoms with Gasteiger partial charge in [-0.15, -0.1) is 0 Å². The second-order valence-electron chi connectivity index (χ2n) is 15.1. The van der Waals surface area contributed by atoms with Crippen LogP contribution in [0.5, 0.6) is 5.75 Å². The first-order chi connectivity index (χ1) is 34.7. The van der Waals surface area contributed by atoms with Crippen molar-refractivity contribution in [1.29, 1.82) is 0 Å². The molecule has 0 aliphatic carbocycles. The van der Waals surface area contributed by atoms with E-state index in [1.165, 1.54) is 61.7 Å². The van der Waals surface area contributed by atoms with Gasteiger partial charge in [-0.1, -0.05) is 18.2 Å². The molecule has 0 unspecified atom stereocenters. The van der Waals surface area contributed by atoms with Crippen LogP contribution in [0.1, 0.15) is 37.0 Å². The third-order valence-electron chi connectivity index (χ3n) is 9.32. The van der Waals surface area contributed by atoms with Crippen molar-refractivity contribution in [2.45, 2.75) is 53.7 Å². The molecule has 0 atom stereocenters. The molecule has 0 aromatic heterocycles. The number of nitrogen functional groups attached to an aromatic ring is 2. The summed E-state index contributed by atoms with van der Waals surface area (Å²) in [5.74, 6) is -8.78. The number of nitrogens with zero attached hydrogens (tertiary/aromatic N) is 2. The van der Waals surface area contributed by atoms with Gasteiger partial charge in [0, 0.05) is 53.1 Å². The average molecular weight is 1120 g/mol. The summed E-state index contributed by atoms with van der Waals surface area (Å²) < 4.78 is 136. The highest BCUT2D eigenvalue weighted by Gasteiger charge is 2.39. The molecule has 0 saturated carbocycles. The summed E-state index contributed by atoms with van der Waals surface area (Å²) in [6.07, 6.45) is -8.19. The first kappa shape index (κ1) is 65.4. The molecular weight excluding hydrogens is 1060 g/mol. The maximum Gasteiger partial charge on any atom is 0.490 e. The number of hydrogen-bond acceptors (Lipinski definition) is 16. The number of carbonyl (C=O) groups is 5. The number of halogens is 7. The lowest BCUT2D eigenvalue weighted by Crippen LogP contribution is -2.28. The van der Waals surface area contributed by atoms with Gasteiger partial charge in [-0.05, 0) is 86.6 Å². The van der Waals surface area contributed by atoms with E-state index < -0.39 is 67.8 Å². The molecule has 2 heterocycles. The molecule has 2 fully saturated rings. The quantitative estimate of drug-likeness (QED) is 0.0816. The van der Waals surface area contributed by atoms with E-state index in [2.05, 4.69) is 25.2 Å². The Morgan fingerprint density at radius 3 is 1.45 bits per heavy atom. The van der Waals surface area contributed by atoms with Crippen LogP contribution in [-0.4, -0.2) is 139 Å². The Hall–Kier alpha value is -7.64. The zero-order chi connectivity index (χ0) is 57.5. The molecule has 0 radical (unpaired) electrons. The lowest BCUT2D eigenvalue weighted by Gasteiger charge is -2.24. The monoisotopic (exact) mass is 1120 g/mol. The maximum absolute atomic E-state index is 13.8. The normalized spacial score (nSPS) is 13.6. The number of carbonyl (C=O) groups excluding carboxylic acids is 1. The Bertz CT molecular complexity index is 2750. The smallest absolute Gasteiger partial charge is 0.490 e.